The minimum absolute atomic E-state index is 0.131. The normalized spacial score (nSPS) is 18.4. The van der Waals surface area contributed by atoms with E-state index < -0.39 is 6.10 Å². The fourth-order valence-corrected chi connectivity index (χ4v) is 3.32. The first-order valence-electron chi connectivity index (χ1n) is 9.40. The molecule has 28 heavy (non-hydrogen) atoms. The SMILES string of the molecule is CC[C@@H]1Oc2cc([C@@H](C)NC(=O)C3=Cc4ccccc4OC3)ccc2NC1=O. The Balaban J connectivity index is 1.49. The van der Waals surface area contributed by atoms with Gasteiger partial charge in [-0.05, 0) is 43.2 Å². The van der Waals surface area contributed by atoms with Gasteiger partial charge in [-0.1, -0.05) is 31.2 Å². The highest BCUT2D eigenvalue weighted by Crippen LogP contribution is 2.33. The van der Waals surface area contributed by atoms with Crippen molar-refractivity contribution in [2.45, 2.75) is 32.4 Å². The van der Waals surface area contributed by atoms with Gasteiger partial charge in [-0.25, -0.2) is 0 Å². The van der Waals surface area contributed by atoms with Gasteiger partial charge in [0.1, 0.15) is 18.1 Å². The maximum Gasteiger partial charge on any atom is 0.265 e. The highest BCUT2D eigenvalue weighted by molar-refractivity contribution is 5.99. The summed E-state index contributed by atoms with van der Waals surface area (Å²) in [7, 11) is 0. The Morgan fingerprint density at radius 1 is 1.25 bits per heavy atom. The summed E-state index contributed by atoms with van der Waals surface area (Å²) in [5.41, 5.74) is 3.03. The summed E-state index contributed by atoms with van der Waals surface area (Å²) in [6.07, 6.45) is 1.97. The maximum atomic E-state index is 12.7. The van der Waals surface area contributed by atoms with E-state index >= 15 is 0 Å². The number of hydrogen-bond acceptors (Lipinski definition) is 4. The van der Waals surface area contributed by atoms with Crippen LogP contribution in [0.3, 0.4) is 0 Å². The molecule has 2 aromatic rings. The van der Waals surface area contributed by atoms with Gasteiger partial charge in [-0.3, -0.25) is 9.59 Å². The van der Waals surface area contributed by atoms with Crippen molar-refractivity contribution in [2.24, 2.45) is 0 Å². The number of anilines is 1. The summed E-state index contributed by atoms with van der Waals surface area (Å²) in [4.78, 5) is 24.6. The summed E-state index contributed by atoms with van der Waals surface area (Å²) in [5, 5.41) is 5.86. The quantitative estimate of drug-likeness (QED) is 0.854. The zero-order chi connectivity index (χ0) is 19.7. The van der Waals surface area contributed by atoms with Gasteiger partial charge in [0.15, 0.2) is 6.10 Å². The Hall–Kier alpha value is -3.28. The van der Waals surface area contributed by atoms with E-state index in [2.05, 4.69) is 10.6 Å². The molecule has 2 N–H and O–H groups in total. The lowest BCUT2D eigenvalue weighted by Crippen LogP contribution is -2.36. The van der Waals surface area contributed by atoms with Gasteiger partial charge in [0.05, 0.1) is 17.3 Å². The molecule has 0 bridgehead atoms. The molecule has 0 fully saturated rings. The fraction of sp³-hybridized carbons (Fsp3) is 0.273. The van der Waals surface area contributed by atoms with Crippen molar-refractivity contribution in [3.63, 3.8) is 0 Å². The third kappa shape index (κ3) is 3.45. The number of para-hydroxylation sites is 1. The second kappa shape index (κ2) is 7.38. The summed E-state index contributed by atoms with van der Waals surface area (Å²) >= 11 is 0. The summed E-state index contributed by atoms with van der Waals surface area (Å²) in [6.45, 7) is 4.06. The van der Waals surface area contributed by atoms with E-state index in [1.165, 1.54) is 0 Å². The lowest BCUT2D eigenvalue weighted by Gasteiger charge is -2.26. The molecule has 0 unspecified atom stereocenters. The molecule has 0 aliphatic carbocycles. The van der Waals surface area contributed by atoms with Crippen molar-refractivity contribution in [1.29, 1.82) is 0 Å². The topological polar surface area (TPSA) is 76.7 Å². The number of ether oxygens (including phenoxy) is 2. The third-order valence-electron chi connectivity index (χ3n) is 4.97. The minimum atomic E-state index is -0.489. The second-order valence-electron chi connectivity index (χ2n) is 6.95. The van der Waals surface area contributed by atoms with Gasteiger partial charge in [0.25, 0.3) is 11.8 Å². The van der Waals surface area contributed by atoms with Crippen LogP contribution in [0, 0.1) is 0 Å². The number of carbonyl (C=O) groups excluding carboxylic acids is 2. The third-order valence-corrected chi connectivity index (χ3v) is 4.97. The lowest BCUT2D eigenvalue weighted by atomic mass is 10.0. The molecule has 0 aromatic heterocycles. The predicted octanol–water partition coefficient (Wildman–Crippen LogP) is 3.45. The molecule has 4 rings (SSSR count). The van der Waals surface area contributed by atoms with Crippen molar-refractivity contribution in [3.8, 4) is 11.5 Å². The first kappa shape index (κ1) is 18.1. The number of hydrogen-bond donors (Lipinski definition) is 2. The van der Waals surface area contributed by atoms with Gasteiger partial charge in [-0.2, -0.15) is 0 Å². The molecular formula is C22H22N2O4. The molecule has 144 valence electrons. The van der Waals surface area contributed by atoms with E-state index in [9.17, 15) is 9.59 Å². The monoisotopic (exact) mass is 378 g/mol. The first-order valence-corrected chi connectivity index (χ1v) is 9.40. The molecule has 6 heteroatoms. The number of rotatable bonds is 4. The van der Waals surface area contributed by atoms with Crippen LogP contribution in [0.1, 0.15) is 37.4 Å². The number of carbonyl (C=O) groups is 2. The van der Waals surface area contributed by atoms with E-state index in [4.69, 9.17) is 9.47 Å². The van der Waals surface area contributed by atoms with E-state index in [1.807, 2.05) is 56.3 Å². The Morgan fingerprint density at radius 3 is 2.89 bits per heavy atom. The second-order valence-corrected chi connectivity index (χ2v) is 6.95. The molecule has 2 amide bonds. The van der Waals surface area contributed by atoms with Crippen LogP contribution in [0.25, 0.3) is 6.08 Å². The lowest BCUT2D eigenvalue weighted by molar-refractivity contribution is -0.123. The van der Waals surface area contributed by atoms with Crippen LogP contribution in [0.5, 0.6) is 11.5 Å². The molecule has 6 nitrogen and oxygen atoms in total. The minimum Gasteiger partial charge on any atom is -0.488 e. The van der Waals surface area contributed by atoms with E-state index in [-0.39, 0.29) is 24.5 Å². The van der Waals surface area contributed by atoms with Crippen molar-refractivity contribution in [2.75, 3.05) is 11.9 Å². The average Bonchev–Trinajstić information content (AvgIpc) is 2.72. The highest BCUT2D eigenvalue weighted by Gasteiger charge is 2.27. The van der Waals surface area contributed by atoms with Crippen LogP contribution in [0.15, 0.2) is 48.0 Å². The Morgan fingerprint density at radius 2 is 2.07 bits per heavy atom. The van der Waals surface area contributed by atoms with Crippen molar-refractivity contribution >= 4 is 23.6 Å². The molecule has 2 heterocycles. The molecular weight excluding hydrogens is 356 g/mol. The molecule has 2 aliphatic rings. The van der Waals surface area contributed by atoms with E-state index in [0.717, 1.165) is 16.9 Å². The molecule has 0 saturated carbocycles. The smallest absolute Gasteiger partial charge is 0.265 e. The summed E-state index contributed by atoms with van der Waals surface area (Å²) in [6, 6.07) is 12.9. The van der Waals surface area contributed by atoms with Crippen LogP contribution in [-0.2, 0) is 9.59 Å². The Bertz CT molecular complexity index is 967. The Labute approximate surface area is 163 Å². The predicted molar refractivity (Wildman–Crippen MR) is 106 cm³/mol. The maximum absolute atomic E-state index is 12.7. The number of nitrogens with one attached hydrogen (secondary N) is 2. The van der Waals surface area contributed by atoms with Crippen LogP contribution in [0.4, 0.5) is 5.69 Å². The summed E-state index contributed by atoms with van der Waals surface area (Å²) in [5.74, 6) is 1.11. The van der Waals surface area contributed by atoms with Gasteiger partial charge < -0.3 is 20.1 Å². The van der Waals surface area contributed by atoms with E-state index in [1.54, 1.807) is 6.07 Å². The average molecular weight is 378 g/mol. The number of benzene rings is 2. The van der Waals surface area contributed by atoms with Gasteiger partial charge in [-0.15, -0.1) is 0 Å². The van der Waals surface area contributed by atoms with Gasteiger partial charge in [0.2, 0.25) is 0 Å². The number of amides is 2. The molecule has 0 radical (unpaired) electrons. The highest BCUT2D eigenvalue weighted by atomic mass is 16.5. The van der Waals surface area contributed by atoms with Crippen molar-refractivity contribution in [1.82, 2.24) is 5.32 Å². The fourth-order valence-electron chi connectivity index (χ4n) is 3.32. The molecule has 0 saturated heterocycles. The molecule has 0 spiro atoms. The largest absolute Gasteiger partial charge is 0.488 e. The van der Waals surface area contributed by atoms with Crippen LogP contribution in [-0.4, -0.2) is 24.5 Å². The van der Waals surface area contributed by atoms with Gasteiger partial charge >= 0.3 is 0 Å². The van der Waals surface area contributed by atoms with Crippen LogP contribution < -0.4 is 20.1 Å². The zero-order valence-corrected chi connectivity index (χ0v) is 15.8. The van der Waals surface area contributed by atoms with Crippen LogP contribution in [0.2, 0.25) is 0 Å². The first-order chi connectivity index (χ1) is 13.5. The van der Waals surface area contributed by atoms with Gasteiger partial charge in [0, 0.05) is 5.56 Å². The van der Waals surface area contributed by atoms with Crippen LogP contribution >= 0.6 is 0 Å². The summed E-state index contributed by atoms with van der Waals surface area (Å²) < 4.78 is 11.5. The number of fused-ring (bicyclic) bond motifs is 2. The van der Waals surface area contributed by atoms with Crippen molar-refractivity contribution in [3.05, 3.63) is 59.2 Å². The standard InChI is InChI=1S/C22H22N2O4/c1-3-18-22(26)24-17-9-8-14(11-20(17)28-18)13(2)23-21(25)16-10-15-6-4-5-7-19(15)27-12-16/h4-11,13,18H,3,12H2,1-2H3,(H,23,25)(H,24,26)/t13-,18+/m1/s1. The molecule has 2 atom stereocenters. The Kier molecular flexibility index (Phi) is 4.77. The zero-order valence-electron chi connectivity index (χ0n) is 15.8. The molecule has 2 aliphatic heterocycles. The van der Waals surface area contributed by atoms with Crippen molar-refractivity contribution < 1.29 is 19.1 Å². The van der Waals surface area contributed by atoms with E-state index in [0.29, 0.717) is 23.4 Å². The molecule has 2 aromatic carbocycles.